The van der Waals surface area contributed by atoms with Crippen molar-refractivity contribution in [2.75, 3.05) is 13.2 Å². The number of aliphatic hydroxyl groups is 2. The highest BCUT2D eigenvalue weighted by Crippen LogP contribution is 2.40. The van der Waals surface area contributed by atoms with Crippen LogP contribution in [0, 0.1) is 41.4 Å². The lowest BCUT2D eigenvalue weighted by molar-refractivity contribution is -0.266. The molecular formula is C35H56O5. The van der Waals surface area contributed by atoms with Crippen LogP contribution in [0.5, 0.6) is 0 Å². The minimum Gasteiger partial charge on any atom is -0.463 e. The van der Waals surface area contributed by atoms with Crippen molar-refractivity contribution in [1.29, 1.82) is 0 Å². The summed E-state index contributed by atoms with van der Waals surface area (Å²) in [5.74, 6) is 3.55. The molecule has 3 aliphatic carbocycles. The molecule has 0 saturated carbocycles. The summed E-state index contributed by atoms with van der Waals surface area (Å²) in [6, 6.07) is 0. The van der Waals surface area contributed by atoms with E-state index in [1.165, 1.54) is 17.6 Å². The molecule has 0 radical (unpaired) electrons. The van der Waals surface area contributed by atoms with Gasteiger partial charge in [0.25, 0.3) is 6.29 Å². The molecule has 0 bridgehead atoms. The molecule has 0 spiro atoms. The zero-order chi connectivity index (χ0) is 29.2. The van der Waals surface area contributed by atoms with Gasteiger partial charge in [0, 0.05) is 5.92 Å². The van der Waals surface area contributed by atoms with Crippen LogP contribution < -0.4 is 0 Å². The third-order valence-electron chi connectivity index (χ3n) is 8.68. The summed E-state index contributed by atoms with van der Waals surface area (Å²) in [6.45, 7) is 15.7. The molecule has 0 aromatic rings. The summed E-state index contributed by atoms with van der Waals surface area (Å²) in [5, 5.41) is 20.8. The first-order valence-electron chi connectivity index (χ1n) is 15.8. The van der Waals surface area contributed by atoms with Gasteiger partial charge in [0.15, 0.2) is 0 Å². The van der Waals surface area contributed by atoms with Gasteiger partial charge >= 0.3 is 0 Å². The van der Waals surface area contributed by atoms with E-state index in [0.29, 0.717) is 36.9 Å². The number of hydrogen-bond acceptors (Lipinski definition) is 5. The second-order valence-corrected chi connectivity index (χ2v) is 13.2. The fourth-order valence-electron chi connectivity index (χ4n) is 5.53. The van der Waals surface area contributed by atoms with Gasteiger partial charge in [-0.25, -0.2) is 0 Å². The molecule has 0 heterocycles. The molecule has 0 saturated heterocycles. The Hall–Kier alpha value is -1.66. The normalized spacial score (nSPS) is 28.8. The van der Waals surface area contributed by atoms with Gasteiger partial charge in [-0.15, -0.1) is 0 Å². The number of allylic oxidation sites excluding steroid dienone is 10. The molecular weight excluding hydrogens is 500 g/mol. The molecule has 0 amide bonds. The molecule has 2 N–H and O–H groups in total. The zero-order valence-electron chi connectivity index (χ0n) is 26.1. The summed E-state index contributed by atoms with van der Waals surface area (Å²) in [6.07, 6.45) is 19.6. The lowest BCUT2D eigenvalue weighted by Crippen LogP contribution is -2.38. The first-order valence-corrected chi connectivity index (χ1v) is 15.8. The van der Waals surface area contributed by atoms with Crippen molar-refractivity contribution in [1.82, 2.24) is 0 Å². The second kappa shape index (κ2) is 16.1. The van der Waals surface area contributed by atoms with Gasteiger partial charge in [-0.05, 0) is 98.2 Å². The van der Waals surface area contributed by atoms with Crippen LogP contribution in [-0.2, 0) is 14.2 Å². The summed E-state index contributed by atoms with van der Waals surface area (Å²) in [7, 11) is 0. The van der Waals surface area contributed by atoms with Gasteiger partial charge in [0.2, 0.25) is 6.29 Å². The molecule has 226 valence electrons. The third-order valence-corrected chi connectivity index (χ3v) is 8.68. The number of aliphatic hydroxyl groups excluding tert-OH is 2. The van der Waals surface area contributed by atoms with E-state index in [0.717, 1.165) is 37.9 Å². The summed E-state index contributed by atoms with van der Waals surface area (Å²) in [5.41, 5.74) is 2.42. The van der Waals surface area contributed by atoms with Crippen LogP contribution in [0.15, 0.2) is 59.4 Å². The number of ether oxygens (including phenoxy) is 3. The fourth-order valence-corrected chi connectivity index (χ4v) is 5.53. The average Bonchev–Trinajstić information content (AvgIpc) is 2.93. The van der Waals surface area contributed by atoms with Crippen LogP contribution in [0.3, 0.4) is 0 Å². The van der Waals surface area contributed by atoms with E-state index in [4.69, 9.17) is 14.2 Å². The van der Waals surface area contributed by atoms with Crippen molar-refractivity contribution in [3.8, 4) is 0 Å². The molecule has 0 fully saturated rings. The Bertz CT molecular complexity index is 926. The Balaban J connectivity index is 1.81. The Morgan fingerprint density at radius 3 is 2.17 bits per heavy atom. The monoisotopic (exact) mass is 556 g/mol. The molecule has 3 rings (SSSR count). The van der Waals surface area contributed by atoms with E-state index >= 15 is 0 Å². The molecule has 9 unspecified atom stereocenters. The lowest BCUT2D eigenvalue weighted by Gasteiger charge is -2.35. The predicted octanol–water partition coefficient (Wildman–Crippen LogP) is 7.72. The molecule has 9 atom stereocenters. The van der Waals surface area contributed by atoms with Gasteiger partial charge in [-0.1, -0.05) is 78.0 Å². The van der Waals surface area contributed by atoms with E-state index < -0.39 is 12.6 Å². The van der Waals surface area contributed by atoms with Gasteiger partial charge in [-0.2, -0.15) is 0 Å². The van der Waals surface area contributed by atoms with E-state index in [2.05, 4.69) is 84.1 Å². The van der Waals surface area contributed by atoms with Gasteiger partial charge in [0.1, 0.15) is 5.76 Å². The van der Waals surface area contributed by atoms with Crippen LogP contribution in [0.25, 0.3) is 0 Å². The molecule has 0 aliphatic heterocycles. The van der Waals surface area contributed by atoms with Crippen LogP contribution in [-0.4, -0.2) is 42.1 Å². The first kappa shape index (κ1) is 32.8. The molecule has 5 nitrogen and oxygen atoms in total. The predicted molar refractivity (Wildman–Crippen MR) is 163 cm³/mol. The van der Waals surface area contributed by atoms with Crippen molar-refractivity contribution < 1.29 is 24.4 Å². The van der Waals surface area contributed by atoms with Crippen molar-refractivity contribution in [2.45, 2.75) is 106 Å². The highest BCUT2D eigenvalue weighted by molar-refractivity contribution is 5.50. The van der Waals surface area contributed by atoms with Gasteiger partial charge in [0.05, 0.1) is 19.3 Å². The largest absolute Gasteiger partial charge is 0.463 e. The topological polar surface area (TPSA) is 68.2 Å². The van der Waals surface area contributed by atoms with E-state index in [-0.39, 0.29) is 23.9 Å². The maximum atomic E-state index is 11.1. The molecule has 5 heteroatoms. The third kappa shape index (κ3) is 10.3. The highest BCUT2D eigenvalue weighted by atomic mass is 16.7. The Kier molecular flexibility index (Phi) is 13.2. The van der Waals surface area contributed by atoms with Crippen molar-refractivity contribution in [2.24, 2.45) is 41.4 Å². The average molecular weight is 557 g/mol. The molecule has 0 aromatic heterocycles. The summed E-state index contributed by atoms with van der Waals surface area (Å²) < 4.78 is 18.8. The highest BCUT2D eigenvalue weighted by Gasteiger charge is 2.33. The van der Waals surface area contributed by atoms with Crippen LogP contribution in [0.1, 0.15) is 87.0 Å². The standard InChI is InChI=1S/C35H56O5/c1-23(2)21-38-34(37)35(39-22-27(6)26(5)12-13-28(7)36)40-33-20-31(29-14-8-24(3)9-15-29)18-19-32(33)30-16-10-25(4)11-17-30/h8,10,14-16,18,20,23-28,30,32,34-37H,9,11-13,17,19,21-22H2,1-7H3. The van der Waals surface area contributed by atoms with Crippen molar-refractivity contribution >= 4 is 0 Å². The maximum Gasteiger partial charge on any atom is 0.250 e. The SMILES string of the molecule is CC(C)COC(O)C(OCC(C)C(C)CCC(C)O)OC1=CC(C2=CCC(C)C=C2)=CCC1C1C=CC(C)CC1. The molecule has 40 heavy (non-hydrogen) atoms. The quantitative estimate of drug-likeness (QED) is 0.160. The fraction of sp³-hybridized carbons (Fsp3) is 0.714. The number of hydrogen-bond donors (Lipinski definition) is 2. The smallest absolute Gasteiger partial charge is 0.250 e. The second-order valence-electron chi connectivity index (χ2n) is 13.2. The zero-order valence-corrected chi connectivity index (χ0v) is 26.1. The number of rotatable bonds is 15. The van der Waals surface area contributed by atoms with Crippen molar-refractivity contribution in [3.05, 3.63) is 59.4 Å². The summed E-state index contributed by atoms with van der Waals surface area (Å²) >= 11 is 0. The Morgan fingerprint density at radius 1 is 0.800 bits per heavy atom. The Labute approximate surface area is 244 Å². The lowest BCUT2D eigenvalue weighted by atomic mass is 9.76. The molecule has 3 aliphatic rings. The van der Waals surface area contributed by atoms with E-state index in [9.17, 15) is 10.2 Å². The van der Waals surface area contributed by atoms with Gasteiger partial charge < -0.3 is 24.4 Å². The van der Waals surface area contributed by atoms with E-state index in [1.54, 1.807) is 0 Å². The first-order chi connectivity index (χ1) is 19.0. The van der Waals surface area contributed by atoms with Crippen molar-refractivity contribution in [3.63, 3.8) is 0 Å². The van der Waals surface area contributed by atoms with Crippen LogP contribution in [0.2, 0.25) is 0 Å². The van der Waals surface area contributed by atoms with Gasteiger partial charge in [-0.3, -0.25) is 0 Å². The summed E-state index contributed by atoms with van der Waals surface area (Å²) in [4.78, 5) is 0. The van der Waals surface area contributed by atoms with E-state index in [1.807, 2.05) is 6.92 Å². The molecule has 0 aromatic carbocycles. The minimum atomic E-state index is -1.19. The van der Waals surface area contributed by atoms with Crippen LogP contribution in [0.4, 0.5) is 0 Å². The Morgan fingerprint density at radius 2 is 1.55 bits per heavy atom. The van der Waals surface area contributed by atoms with Crippen LogP contribution >= 0.6 is 0 Å². The maximum absolute atomic E-state index is 11.1. The minimum absolute atomic E-state index is 0.199.